The van der Waals surface area contributed by atoms with Crippen molar-refractivity contribution in [2.75, 3.05) is 0 Å². The summed E-state index contributed by atoms with van der Waals surface area (Å²) in [4.78, 5) is 24.3. The average molecular weight is 382 g/mol. The fourth-order valence-corrected chi connectivity index (χ4v) is 3.61. The van der Waals surface area contributed by atoms with Crippen molar-refractivity contribution in [2.24, 2.45) is 0 Å². The number of thioether (sulfide) groups is 1. The number of hydrogen-bond donors (Lipinski definition) is 1. The van der Waals surface area contributed by atoms with Gasteiger partial charge in [0.25, 0.3) is 5.56 Å². The van der Waals surface area contributed by atoms with Crippen molar-refractivity contribution in [3.05, 3.63) is 75.6 Å². The van der Waals surface area contributed by atoms with Gasteiger partial charge in [0.2, 0.25) is 11.2 Å². The van der Waals surface area contributed by atoms with E-state index in [2.05, 4.69) is 16.8 Å². The van der Waals surface area contributed by atoms with Gasteiger partial charge in [-0.1, -0.05) is 30.0 Å². The zero-order chi connectivity index (χ0) is 19.0. The second-order valence-corrected chi connectivity index (χ2v) is 6.67. The van der Waals surface area contributed by atoms with Gasteiger partial charge in [-0.15, -0.1) is 16.8 Å². The smallest absolute Gasteiger partial charge is 0.263 e. The molecule has 0 amide bonds. The molecule has 0 saturated carbocycles. The third-order valence-electron chi connectivity index (χ3n) is 4.00. The first-order chi connectivity index (χ1) is 13.1. The molecule has 0 radical (unpaired) electrons. The van der Waals surface area contributed by atoms with Gasteiger partial charge >= 0.3 is 0 Å². The van der Waals surface area contributed by atoms with Crippen LogP contribution in [-0.2, 0) is 12.3 Å². The Hall–Kier alpha value is -3.33. The second-order valence-electron chi connectivity index (χ2n) is 5.72. The minimum absolute atomic E-state index is 0.161. The van der Waals surface area contributed by atoms with E-state index in [1.807, 2.05) is 12.1 Å². The molecule has 0 saturated heterocycles. The number of aromatic hydroxyl groups is 1. The fourth-order valence-electron chi connectivity index (χ4n) is 2.78. The summed E-state index contributed by atoms with van der Waals surface area (Å²) in [7, 11) is 0. The van der Waals surface area contributed by atoms with Crippen molar-refractivity contribution in [2.45, 2.75) is 17.5 Å². The van der Waals surface area contributed by atoms with Gasteiger partial charge in [0.1, 0.15) is 12.0 Å². The molecule has 1 N–H and O–H groups in total. The molecule has 3 aromatic heterocycles. The Balaban J connectivity index is 1.84. The minimum Gasteiger partial charge on any atom is -0.502 e. The van der Waals surface area contributed by atoms with Crippen molar-refractivity contribution >= 4 is 28.4 Å². The van der Waals surface area contributed by atoms with Crippen molar-refractivity contribution in [1.82, 2.24) is 19.2 Å². The van der Waals surface area contributed by atoms with Gasteiger partial charge in [-0.3, -0.25) is 18.6 Å². The van der Waals surface area contributed by atoms with Crippen molar-refractivity contribution in [1.29, 1.82) is 0 Å². The number of rotatable bonds is 5. The first-order valence-electron chi connectivity index (χ1n) is 8.01. The highest BCUT2D eigenvalue weighted by molar-refractivity contribution is 7.98. The molecule has 0 bridgehead atoms. The maximum absolute atomic E-state index is 12.7. The number of allylic oxidation sites excluding steroid dienone is 1. The van der Waals surface area contributed by atoms with E-state index in [4.69, 9.17) is 4.42 Å². The summed E-state index contributed by atoms with van der Waals surface area (Å²) >= 11 is 1.31. The predicted molar refractivity (Wildman–Crippen MR) is 101 cm³/mol. The SMILES string of the molecule is C=CCn1c(=O)c2ccccc2n2c(SCc3cc(=O)c(O)co3)nnc12. The molecule has 0 spiro atoms. The Morgan fingerprint density at radius 2 is 2.07 bits per heavy atom. The number of aromatic nitrogens is 4. The van der Waals surface area contributed by atoms with Crippen LogP contribution in [0.15, 0.2) is 68.4 Å². The standard InChI is InChI=1S/C18H14N4O4S/c1-2-7-21-16(25)12-5-3-4-6-13(12)22-17(21)19-20-18(22)27-10-11-8-14(23)15(24)9-26-11/h2-6,8-9,24H,1,7,10H2. The molecule has 4 rings (SSSR count). The molecule has 8 nitrogen and oxygen atoms in total. The molecule has 0 fully saturated rings. The lowest BCUT2D eigenvalue weighted by molar-refractivity contribution is 0.419. The van der Waals surface area contributed by atoms with E-state index in [0.29, 0.717) is 39.9 Å². The van der Waals surface area contributed by atoms with Crippen molar-refractivity contribution < 1.29 is 9.52 Å². The Bertz CT molecular complexity index is 1290. The van der Waals surface area contributed by atoms with Crippen LogP contribution in [0.5, 0.6) is 5.75 Å². The molecule has 4 aromatic rings. The normalized spacial score (nSPS) is 11.3. The van der Waals surface area contributed by atoms with Crippen LogP contribution < -0.4 is 11.0 Å². The predicted octanol–water partition coefficient (Wildman–Crippen LogP) is 2.18. The van der Waals surface area contributed by atoms with Gasteiger partial charge in [0, 0.05) is 12.6 Å². The maximum Gasteiger partial charge on any atom is 0.263 e. The zero-order valence-electron chi connectivity index (χ0n) is 14.0. The van der Waals surface area contributed by atoms with Crippen LogP contribution in [-0.4, -0.2) is 24.3 Å². The second kappa shape index (κ2) is 6.76. The molecule has 3 heterocycles. The molecule has 9 heteroatoms. The van der Waals surface area contributed by atoms with Crippen LogP contribution in [0, 0.1) is 0 Å². The Labute approximate surface area is 156 Å². The summed E-state index contributed by atoms with van der Waals surface area (Å²) in [5.41, 5.74) is 0.0252. The molecule has 0 unspecified atom stereocenters. The van der Waals surface area contributed by atoms with Gasteiger partial charge < -0.3 is 9.52 Å². The van der Waals surface area contributed by atoms with Gasteiger partial charge in [-0.2, -0.15) is 0 Å². The molecule has 0 aliphatic heterocycles. The zero-order valence-corrected chi connectivity index (χ0v) is 14.8. The summed E-state index contributed by atoms with van der Waals surface area (Å²) in [5.74, 6) is 0.679. The van der Waals surface area contributed by atoms with E-state index in [1.165, 1.54) is 22.4 Å². The number of nitrogens with zero attached hydrogens (tertiary/aromatic N) is 4. The lowest BCUT2D eigenvalue weighted by Gasteiger charge is -2.09. The third-order valence-corrected chi connectivity index (χ3v) is 4.95. The number of fused-ring (bicyclic) bond motifs is 3. The molecule has 0 atom stereocenters. The minimum atomic E-state index is -0.506. The van der Waals surface area contributed by atoms with Gasteiger partial charge in [0.15, 0.2) is 10.9 Å². The monoisotopic (exact) mass is 382 g/mol. The summed E-state index contributed by atoms with van der Waals surface area (Å²) < 4.78 is 8.52. The molecule has 0 aliphatic rings. The summed E-state index contributed by atoms with van der Waals surface area (Å²) in [6, 6.07) is 8.46. The molecule has 1 aromatic carbocycles. The largest absolute Gasteiger partial charge is 0.502 e. The quantitative estimate of drug-likeness (QED) is 0.417. The highest BCUT2D eigenvalue weighted by Crippen LogP contribution is 2.24. The summed E-state index contributed by atoms with van der Waals surface area (Å²) in [6.45, 7) is 4.01. The Kier molecular flexibility index (Phi) is 4.28. The molecular formula is C18H14N4O4S. The molecule has 0 aliphatic carbocycles. The van der Waals surface area contributed by atoms with Crippen molar-refractivity contribution in [3.63, 3.8) is 0 Å². The highest BCUT2D eigenvalue weighted by atomic mass is 32.2. The maximum atomic E-state index is 12.7. The van der Waals surface area contributed by atoms with E-state index in [9.17, 15) is 14.7 Å². The topological polar surface area (TPSA) is 103 Å². The van der Waals surface area contributed by atoms with Gasteiger partial charge in [-0.05, 0) is 12.1 Å². The third kappa shape index (κ3) is 2.91. The highest BCUT2D eigenvalue weighted by Gasteiger charge is 2.16. The first-order valence-corrected chi connectivity index (χ1v) is 8.99. The lowest BCUT2D eigenvalue weighted by atomic mass is 10.2. The summed E-state index contributed by atoms with van der Waals surface area (Å²) in [6.07, 6.45) is 2.64. The van der Waals surface area contributed by atoms with E-state index in [-0.39, 0.29) is 5.56 Å². The van der Waals surface area contributed by atoms with Gasteiger partial charge in [0.05, 0.1) is 16.7 Å². The van der Waals surface area contributed by atoms with E-state index < -0.39 is 11.2 Å². The molecular weight excluding hydrogens is 368 g/mol. The fraction of sp³-hybridized carbons (Fsp3) is 0.111. The number of hydrogen-bond acceptors (Lipinski definition) is 7. The lowest BCUT2D eigenvalue weighted by Crippen LogP contribution is -2.22. The first kappa shape index (κ1) is 17.1. The molecule has 27 heavy (non-hydrogen) atoms. The number of para-hydroxylation sites is 1. The van der Waals surface area contributed by atoms with Crippen LogP contribution in [0.1, 0.15) is 5.76 Å². The van der Waals surface area contributed by atoms with Crippen LogP contribution in [0.25, 0.3) is 16.7 Å². The van der Waals surface area contributed by atoms with Crippen LogP contribution >= 0.6 is 11.8 Å². The van der Waals surface area contributed by atoms with E-state index in [1.54, 1.807) is 22.6 Å². The molecule has 136 valence electrons. The Morgan fingerprint density at radius 3 is 2.85 bits per heavy atom. The summed E-state index contributed by atoms with van der Waals surface area (Å²) in [5, 5.41) is 18.7. The van der Waals surface area contributed by atoms with Gasteiger partial charge in [-0.25, -0.2) is 0 Å². The van der Waals surface area contributed by atoms with Crippen molar-refractivity contribution in [3.8, 4) is 5.75 Å². The van der Waals surface area contributed by atoms with Crippen LogP contribution in [0.3, 0.4) is 0 Å². The number of benzene rings is 1. The van der Waals surface area contributed by atoms with E-state index >= 15 is 0 Å². The average Bonchev–Trinajstić information content (AvgIpc) is 3.10. The van der Waals surface area contributed by atoms with Crippen LogP contribution in [0.4, 0.5) is 0 Å². The Morgan fingerprint density at radius 1 is 1.26 bits per heavy atom. The van der Waals surface area contributed by atoms with Crippen LogP contribution in [0.2, 0.25) is 0 Å². The van der Waals surface area contributed by atoms with E-state index in [0.717, 1.165) is 6.26 Å².